The highest BCUT2D eigenvalue weighted by Gasteiger charge is 2.34. The van der Waals surface area contributed by atoms with Gasteiger partial charge in [-0.25, -0.2) is 0 Å². The van der Waals surface area contributed by atoms with Crippen molar-refractivity contribution in [1.29, 1.82) is 0 Å². The van der Waals surface area contributed by atoms with Gasteiger partial charge >= 0.3 is 0 Å². The number of methoxy groups -OCH3 is 1. The van der Waals surface area contributed by atoms with Crippen molar-refractivity contribution in [2.75, 3.05) is 12.4 Å². The molecule has 3 aromatic carbocycles. The summed E-state index contributed by atoms with van der Waals surface area (Å²) in [5.74, 6) is 2.36. The molecule has 0 unspecified atom stereocenters. The van der Waals surface area contributed by atoms with Gasteiger partial charge in [0.25, 0.3) is 0 Å². The molecular weight excluding hydrogens is 448 g/mol. The van der Waals surface area contributed by atoms with Crippen LogP contribution in [0.3, 0.4) is 0 Å². The number of H-pyrrole nitrogens is 1. The number of carbonyl (C=O) groups excluding carboxylic acids is 1. The van der Waals surface area contributed by atoms with E-state index in [0.29, 0.717) is 18.3 Å². The van der Waals surface area contributed by atoms with Crippen LogP contribution in [0.1, 0.15) is 52.5 Å². The summed E-state index contributed by atoms with van der Waals surface area (Å²) in [7, 11) is 1.63. The molecule has 1 aliphatic carbocycles. The van der Waals surface area contributed by atoms with E-state index in [9.17, 15) is 4.79 Å². The predicted molar refractivity (Wildman–Crippen MR) is 142 cm³/mol. The molecular formula is C30H32N4O2. The topological polar surface area (TPSA) is 79.0 Å². The summed E-state index contributed by atoms with van der Waals surface area (Å²) in [6.45, 7) is 1.72. The molecule has 6 heteroatoms. The lowest BCUT2D eigenvalue weighted by molar-refractivity contribution is -0.115. The number of nitrogens with zero attached hydrogens (tertiary/aromatic N) is 1. The van der Waals surface area contributed by atoms with Gasteiger partial charge in [0.2, 0.25) is 5.91 Å². The molecule has 0 aliphatic heterocycles. The lowest BCUT2D eigenvalue weighted by Gasteiger charge is -2.36. The van der Waals surface area contributed by atoms with Gasteiger partial charge in [-0.3, -0.25) is 9.89 Å². The molecule has 1 aromatic heterocycles. The molecule has 4 aromatic rings. The Kier molecular flexibility index (Phi) is 7.43. The van der Waals surface area contributed by atoms with Crippen molar-refractivity contribution in [3.63, 3.8) is 0 Å². The quantitative estimate of drug-likeness (QED) is 0.278. The molecule has 3 N–H and O–H groups in total. The largest absolute Gasteiger partial charge is 0.497 e. The van der Waals surface area contributed by atoms with Crippen LogP contribution >= 0.6 is 0 Å². The van der Waals surface area contributed by atoms with E-state index < -0.39 is 0 Å². The Morgan fingerprint density at radius 3 is 2.44 bits per heavy atom. The number of amides is 1. The number of hydrogen-bond donors (Lipinski definition) is 3. The lowest BCUT2D eigenvalue weighted by atomic mass is 9.69. The van der Waals surface area contributed by atoms with E-state index in [1.165, 1.54) is 16.7 Å². The molecule has 0 atom stereocenters. The van der Waals surface area contributed by atoms with E-state index in [2.05, 4.69) is 69.4 Å². The van der Waals surface area contributed by atoms with Crippen molar-refractivity contribution < 1.29 is 9.53 Å². The zero-order valence-corrected chi connectivity index (χ0v) is 20.5. The minimum atomic E-state index is -0.0581. The van der Waals surface area contributed by atoms with Crippen LogP contribution in [0.2, 0.25) is 0 Å². The van der Waals surface area contributed by atoms with Crippen LogP contribution in [0.25, 0.3) is 0 Å². The van der Waals surface area contributed by atoms with Gasteiger partial charge in [0.1, 0.15) is 11.6 Å². The second kappa shape index (κ2) is 11.2. The summed E-state index contributed by atoms with van der Waals surface area (Å²) >= 11 is 0. The van der Waals surface area contributed by atoms with Gasteiger partial charge in [0.15, 0.2) is 0 Å². The second-order valence-corrected chi connectivity index (χ2v) is 9.47. The van der Waals surface area contributed by atoms with E-state index in [-0.39, 0.29) is 5.91 Å². The molecule has 5 rings (SSSR count). The molecule has 1 saturated carbocycles. The number of aromatic amines is 1. The van der Waals surface area contributed by atoms with Gasteiger partial charge in [-0.2, -0.15) is 5.10 Å². The maximum Gasteiger partial charge on any atom is 0.229 e. The Morgan fingerprint density at radius 2 is 1.67 bits per heavy atom. The zero-order chi connectivity index (χ0) is 24.7. The van der Waals surface area contributed by atoms with Gasteiger partial charge in [0, 0.05) is 18.7 Å². The van der Waals surface area contributed by atoms with E-state index in [0.717, 1.165) is 48.6 Å². The van der Waals surface area contributed by atoms with Crippen LogP contribution in [0, 0.1) is 0 Å². The van der Waals surface area contributed by atoms with Crippen molar-refractivity contribution in [2.45, 2.75) is 44.2 Å². The van der Waals surface area contributed by atoms with Gasteiger partial charge in [-0.15, -0.1) is 0 Å². The number of carbonyl (C=O) groups is 1. The SMILES string of the molecule is COc1ccc(CC(=O)Nc2[nH]ncc2C2CC(c3cccc(CNCc4ccccc4)c3)C2)cc1. The molecule has 184 valence electrons. The maximum absolute atomic E-state index is 12.6. The van der Waals surface area contributed by atoms with Crippen LogP contribution in [0.4, 0.5) is 5.82 Å². The molecule has 36 heavy (non-hydrogen) atoms. The summed E-state index contributed by atoms with van der Waals surface area (Å²) in [6.07, 6.45) is 4.28. The van der Waals surface area contributed by atoms with Crippen molar-refractivity contribution in [2.24, 2.45) is 0 Å². The molecule has 1 fully saturated rings. The average Bonchev–Trinajstić information content (AvgIpc) is 3.32. The lowest BCUT2D eigenvalue weighted by Crippen LogP contribution is -2.22. The first-order valence-electron chi connectivity index (χ1n) is 12.5. The first kappa shape index (κ1) is 23.8. The molecule has 0 saturated heterocycles. The molecule has 1 heterocycles. The van der Waals surface area contributed by atoms with Crippen molar-refractivity contribution in [3.05, 3.63) is 113 Å². The average molecular weight is 481 g/mol. The Labute approximate surface area is 212 Å². The monoisotopic (exact) mass is 480 g/mol. The molecule has 1 aliphatic rings. The Hall–Kier alpha value is -3.90. The first-order valence-corrected chi connectivity index (χ1v) is 12.5. The predicted octanol–water partition coefficient (Wildman–Crippen LogP) is 5.55. The number of ether oxygens (including phenoxy) is 1. The maximum atomic E-state index is 12.6. The van der Waals surface area contributed by atoms with E-state index in [4.69, 9.17) is 4.74 Å². The summed E-state index contributed by atoms with van der Waals surface area (Å²) < 4.78 is 5.18. The highest BCUT2D eigenvalue weighted by molar-refractivity contribution is 5.92. The van der Waals surface area contributed by atoms with Crippen LogP contribution < -0.4 is 15.4 Å². The zero-order valence-electron chi connectivity index (χ0n) is 20.5. The van der Waals surface area contributed by atoms with Gasteiger partial charge < -0.3 is 15.4 Å². The second-order valence-electron chi connectivity index (χ2n) is 9.47. The summed E-state index contributed by atoms with van der Waals surface area (Å²) in [5.41, 5.74) is 6.02. The third-order valence-corrected chi connectivity index (χ3v) is 6.96. The fraction of sp³-hybridized carbons (Fsp3) is 0.267. The molecule has 0 bridgehead atoms. The van der Waals surface area contributed by atoms with E-state index in [1.807, 2.05) is 36.5 Å². The molecule has 0 radical (unpaired) electrons. The number of anilines is 1. The minimum Gasteiger partial charge on any atom is -0.497 e. The number of nitrogens with one attached hydrogen (secondary N) is 3. The van der Waals surface area contributed by atoms with Gasteiger partial charge in [-0.05, 0) is 59.1 Å². The highest BCUT2D eigenvalue weighted by Crippen LogP contribution is 2.49. The summed E-state index contributed by atoms with van der Waals surface area (Å²) in [4.78, 5) is 12.6. The van der Waals surface area contributed by atoms with E-state index in [1.54, 1.807) is 7.11 Å². The minimum absolute atomic E-state index is 0.0581. The number of aromatic nitrogens is 2. The number of hydrogen-bond acceptors (Lipinski definition) is 4. The van der Waals surface area contributed by atoms with Crippen molar-refractivity contribution in [3.8, 4) is 5.75 Å². The van der Waals surface area contributed by atoms with Crippen LogP contribution in [-0.4, -0.2) is 23.2 Å². The number of rotatable bonds is 10. The van der Waals surface area contributed by atoms with Crippen LogP contribution in [0.5, 0.6) is 5.75 Å². The Bertz CT molecular complexity index is 1280. The fourth-order valence-corrected chi connectivity index (χ4v) is 4.87. The highest BCUT2D eigenvalue weighted by atomic mass is 16.5. The molecule has 0 spiro atoms. The Balaban J connectivity index is 1.13. The molecule has 1 amide bonds. The van der Waals surface area contributed by atoms with Crippen LogP contribution in [0.15, 0.2) is 85.1 Å². The smallest absolute Gasteiger partial charge is 0.229 e. The third kappa shape index (κ3) is 5.83. The number of benzene rings is 3. The Morgan fingerprint density at radius 1 is 0.917 bits per heavy atom. The summed E-state index contributed by atoms with van der Waals surface area (Å²) in [6, 6.07) is 26.9. The van der Waals surface area contributed by atoms with Crippen LogP contribution in [-0.2, 0) is 24.3 Å². The first-order chi connectivity index (χ1) is 17.7. The van der Waals surface area contributed by atoms with E-state index >= 15 is 0 Å². The van der Waals surface area contributed by atoms with Gasteiger partial charge in [-0.1, -0.05) is 66.7 Å². The summed E-state index contributed by atoms with van der Waals surface area (Å²) in [5, 5.41) is 13.8. The normalized spacial score (nSPS) is 16.8. The van der Waals surface area contributed by atoms with Crippen molar-refractivity contribution >= 4 is 11.7 Å². The molecule has 6 nitrogen and oxygen atoms in total. The van der Waals surface area contributed by atoms with Gasteiger partial charge in [0.05, 0.1) is 19.7 Å². The fourth-order valence-electron chi connectivity index (χ4n) is 4.87. The third-order valence-electron chi connectivity index (χ3n) is 6.96. The van der Waals surface area contributed by atoms with Crippen molar-refractivity contribution in [1.82, 2.24) is 15.5 Å². The standard InChI is InChI=1S/C30H32N4O2/c1-36-27-12-10-21(11-13-27)15-29(35)33-30-28(20-32-34-30)26-16-25(17-26)24-9-5-8-23(14-24)19-31-18-22-6-3-2-4-7-22/h2-14,20,25-26,31H,15-19H2,1H3,(H2,32,33,34,35).